The molecule has 0 bridgehead atoms. The number of hydrogen-bond acceptors (Lipinski definition) is 5. The molecule has 26 heavy (non-hydrogen) atoms. The maximum absolute atomic E-state index is 12.1. The molecule has 0 aliphatic carbocycles. The first-order chi connectivity index (χ1) is 12.6. The second kappa shape index (κ2) is 8.67. The second-order valence-corrected chi connectivity index (χ2v) is 6.59. The second-order valence-electron chi connectivity index (χ2n) is 6.59. The monoisotopic (exact) mass is 355 g/mol. The summed E-state index contributed by atoms with van der Waals surface area (Å²) in [7, 11) is 1.61. The number of methoxy groups -OCH3 is 1. The zero-order valence-corrected chi connectivity index (χ0v) is 15.2. The van der Waals surface area contributed by atoms with Gasteiger partial charge in [0.1, 0.15) is 0 Å². The highest BCUT2D eigenvalue weighted by molar-refractivity contribution is 5.90. The van der Waals surface area contributed by atoms with Crippen LogP contribution in [0.15, 0.2) is 36.5 Å². The Kier molecular flexibility index (Phi) is 6.07. The Morgan fingerprint density at radius 2 is 2.19 bits per heavy atom. The molecule has 2 heterocycles. The van der Waals surface area contributed by atoms with Crippen molar-refractivity contribution < 1.29 is 14.3 Å². The van der Waals surface area contributed by atoms with Crippen LogP contribution in [0.2, 0.25) is 0 Å². The lowest BCUT2D eigenvalue weighted by molar-refractivity contribution is -0.116. The Balaban J connectivity index is 1.54. The normalized spacial score (nSPS) is 16.3. The first-order valence-corrected chi connectivity index (χ1v) is 8.93. The average Bonchev–Trinajstić information content (AvgIpc) is 3.16. The van der Waals surface area contributed by atoms with Gasteiger partial charge in [-0.3, -0.25) is 4.79 Å². The largest absolute Gasteiger partial charge is 0.493 e. The SMILES string of the molecule is COc1cc(C)ccc1Oc1ccc(NC(=O)CCC2CCNC2)cn1. The molecule has 3 rings (SSSR count). The van der Waals surface area contributed by atoms with Crippen LogP contribution in [0.3, 0.4) is 0 Å². The van der Waals surface area contributed by atoms with Crippen molar-refractivity contribution in [3.63, 3.8) is 0 Å². The van der Waals surface area contributed by atoms with Crippen LogP contribution >= 0.6 is 0 Å². The Morgan fingerprint density at radius 1 is 1.31 bits per heavy atom. The van der Waals surface area contributed by atoms with Crippen molar-refractivity contribution in [1.82, 2.24) is 10.3 Å². The Hall–Kier alpha value is -2.60. The van der Waals surface area contributed by atoms with Crippen LogP contribution in [0.1, 0.15) is 24.8 Å². The van der Waals surface area contributed by atoms with Crippen molar-refractivity contribution in [2.75, 3.05) is 25.5 Å². The van der Waals surface area contributed by atoms with Gasteiger partial charge >= 0.3 is 0 Å². The molecule has 1 atom stereocenters. The lowest BCUT2D eigenvalue weighted by Crippen LogP contribution is -2.15. The number of rotatable bonds is 7. The van der Waals surface area contributed by atoms with Gasteiger partial charge in [0.2, 0.25) is 11.8 Å². The van der Waals surface area contributed by atoms with Crippen molar-refractivity contribution in [2.45, 2.75) is 26.2 Å². The summed E-state index contributed by atoms with van der Waals surface area (Å²) < 4.78 is 11.1. The number of amides is 1. The Labute approximate surface area is 153 Å². The van der Waals surface area contributed by atoms with Crippen LogP contribution in [0.5, 0.6) is 17.4 Å². The van der Waals surface area contributed by atoms with Gasteiger partial charge in [-0.05, 0) is 62.5 Å². The van der Waals surface area contributed by atoms with Gasteiger partial charge in [-0.1, -0.05) is 6.07 Å². The average molecular weight is 355 g/mol. The van der Waals surface area contributed by atoms with Gasteiger partial charge in [0.05, 0.1) is 19.0 Å². The number of nitrogens with one attached hydrogen (secondary N) is 2. The van der Waals surface area contributed by atoms with Gasteiger partial charge < -0.3 is 20.1 Å². The molecule has 1 aliphatic rings. The van der Waals surface area contributed by atoms with E-state index in [1.165, 1.54) is 0 Å². The molecule has 138 valence electrons. The molecule has 6 nitrogen and oxygen atoms in total. The van der Waals surface area contributed by atoms with E-state index in [9.17, 15) is 4.79 Å². The molecule has 1 aromatic carbocycles. The van der Waals surface area contributed by atoms with E-state index in [2.05, 4.69) is 15.6 Å². The standard InChI is InChI=1S/C20H25N3O3/c1-14-3-6-17(18(11-14)25-2)26-20-8-5-16(13-22-20)23-19(24)7-4-15-9-10-21-12-15/h3,5-6,8,11,13,15,21H,4,7,9-10,12H2,1-2H3,(H,23,24). The topological polar surface area (TPSA) is 72.5 Å². The molecule has 2 aromatic rings. The number of nitrogens with zero attached hydrogens (tertiary/aromatic N) is 1. The summed E-state index contributed by atoms with van der Waals surface area (Å²) in [4.78, 5) is 16.3. The minimum Gasteiger partial charge on any atom is -0.493 e. The van der Waals surface area contributed by atoms with Crippen LogP contribution < -0.4 is 20.1 Å². The number of anilines is 1. The summed E-state index contributed by atoms with van der Waals surface area (Å²) in [5.74, 6) is 2.34. The number of benzene rings is 1. The molecule has 0 spiro atoms. The van der Waals surface area contributed by atoms with Crippen molar-refractivity contribution in [3.8, 4) is 17.4 Å². The third kappa shape index (κ3) is 4.95. The summed E-state index contributed by atoms with van der Waals surface area (Å²) in [6.07, 6.45) is 4.21. The Bertz CT molecular complexity index is 740. The van der Waals surface area contributed by atoms with E-state index in [1.54, 1.807) is 25.4 Å². The predicted molar refractivity (Wildman–Crippen MR) is 101 cm³/mol. The van der Waals surface area contributed by atoms with Gasteiger partial charge in [-0.15, -0.1) is 0 Å². The summed E-state index contributed by atoms with van der Waals surface area (Å²) in [6, 6.07) is 9.23. The molecule has 1 amide bonds. The third-order valence-electron chi connectivity index (χ3n) is 4.50. The number of pyridine rings is 1. The Morgan fingerprint density at radius 3 is 2.88 bits per heavy atom. The highest BCUT2D eigenvalue weighted by Crippen LogP contribution is 2.31. The summed E-state index contributed by atoms with van der Waals surface area (Å²) >= 11 is 0. The quantitative estimate of drug-likeness (QED) is 0.795. The zero-order valence-electron chi connectivity index (χ0n) is 15.2. The van der Waals surface area contributed by atoms with Crippen molar-refractivity contribution >= 4 is 11.6 Å². The number of hydrogen-bond donors (Lipinski definition) is 2. The number of ether oxygens (including phenoxy) is 2. The molecule has 1 aliphatic heterocycles. The van der Waals surface area contributed by atoms with Crippen molar-refractivity contribution in [2.24, 2.45) is 5.92 Å². The lowest BCUT2D eigenvalue weighted by atomic mass is 10.0. The summed E-state index contributed by atoms with van der Waals surface area (Å²) in [5, 5.41) is 6.20. The fourth-order valence-corrected chi connectivity index (χ4v) is 3.01. The number of aryl methyl sites for hydroxylation is 1. The molecule has 2 N–H and O–H groups in total. The minimum atomic E-state index is 0.0209. The molecule has 1 unspecified atom stereocenters. The zero-order chi connectivity index (χ0) is 18.4. The molecule has 0 saturated carbocycles. The maximum atomic E-state index is 12.1. The van der Waals surface area contributed by atoms with E-state index >= 15 is 0 Å². The van der Waals surface area contributed by atoms with Gasteiger partial charge in [0.25, 0.3) is 0 Å². The van der Waals surface area contributed by atoms with Crippen molar-refractivity contribution in [1.29, 1.82) is 0 Å². The van der Waals surface area contributed by atoms with Gasteiger partial charge in [0, 0.05) is 12.5 Å². The summed E-state index contributed by atoms with van der Waals surface area (Å²) in [5.41, 5.74) is 1.76. The highest BCUT2D eigenvalue weighted by Gasteiger charge is 2.15. The van der Waals surface area contributed by atoms with Crippen LogP contribution in [-0.4, -0.2) is 31.1 Å². The predicted octanol–water partition coefficient (Wildman–Crippen LogP) is 3.52. The smallest absolute Gasteiger partial charge is 0.224 e. The maximum Gasteiger partial charge on any atom is 0.224 e. The van der Waals surface area contributed by atoms with E-state index in [1.807, 2.05) is 25.1 Å². The van der Waals surface area contributed by atoms with Gasteiger partial charge in [-0.25, -0.2) is 4.98 Å². The van der Waals surface area contributed by atoms with E-state index in [0.717, 1.165) is 31.5 Å². The molecular weight excluding hydrogens is 330 g/mol. The summed E-state index contributed by atoms with van der Waals surface area (Å²) in [6.45, 7) is 4.07. The van der Waals surface area contributed by atoms with Crippen LogP contribution in [0.25, 0.3) is 0 Å². The first kappa shape index (κ1) is 18.2. The third-order valence-corrected chi connectivity index (χ3v) is 4.50. The molecule has 1 saturated heterocycles. The number of carbonyl (C=O) groups is 1. The van der Waals surface area contributed by atoms with Gasteiger partial charge in [-0.2, -0.15) is 0 Å². The molecule has 1 fully saturated rings. The lowest BCUT2D eigenvalue weighted by Gasteiger charge is -2.11. The van der Waals surface area contributed by atoms with Crippen LogP contribution in [0, 0.1) is 12.8 Å². The number of carbonyl (C=O) groups excluding carboxylic acids is 1. The van der Waals surface area contributed by atoms with Crippen molar-refractivity contribution in [3.05, 3.63) is 42.1 Å². The van der Waals surface area contributed by atoms with Gasteiger partial charge in [0.15, 0.2) is 11.5 Å². The first-order valence-electron chi connectivity index (χ1n) is 8.93. The fourth-order valence-electron chi connectivity index (χ4n) is 3.01. The minimum absolute atomic E-state index is 0.0209. The van der Waals surface area contributed by atoms with Crippen LogP contribution in [0.4, 0.5) is 5.69 Å². The van der Waals surface area contributed by atoms with E-state index < -0.39 is 0 Å². The van der Waals surface area contributed by atoms with E-state index in [-0.39, 0.29) is 5.91 Å². The van der Waals surface area contributed by atoms with E-state index in [4.69, 9.17) is 9.47 Å². The molecule has 6 heteroatoms. The molecular formula is C20H25N3O3. The van der Waals surface area contributed by atoms with E-state index in [0.29, 0.717) is 35.4 Å². The molecule has 1 aromatic heterocycles. The van der Waals surface area contributed by atoms with Crippen LogP contribution in [-0.2, 0) is 4.79 Å². The molecule has 0 radical (unpaired) electrons. The highest BCUT2D eigenvalue weighted by atomic mass is 16.5. The fraction of sp³-hybridized carbons (Fsp3) is 0.400. The number of aromatic nitrogens is 1.